The molecule has 1 aromatic rings. The molecule has 4 nitrogen and oxygen atoms in total. The van der Waals surface area contributed by atoms with Crippen LogP contribution in [0.4, 0.5) is 5.69 Å². The van der Waals surface area contributed by atoms with Gasteiger partial charge >= 0.3 is 0 Å². The van der Waals surface area contributed by atoms with Crippen LogP contribution in [0.15, 0.2) is 18.2 Å². The molecule has 0 heterocycles. The molecule has 0 spiro atoms. The van der Waals surface area contributed by atoms with Crippen LogP contribution in [-0.4, -0.2) is 31.5 Å². The van der Waals surface area contributed by atoms with Gasteiger partial charge < -0.3 is 19.9 Å². The summed E-state index contributed by atoms with van der Waals surface area (Å²) in [6, 6.07) is 5.68. The number of nitrogens with one attached hydrogen (secondary N) is 1. The second-order valence-electron chi connectivity index (χ2n) is 5.59. The Morgan fingerprint density at radius 1 is 1.00 bits per heavy atom. The maximum atomic E-state index is 10.6. The van der Waals surface area contributed by atoms with Gasteiger partial charge in [0.15, 0.2) is 0 Å². The molecule has 1 aromatic carbocycles. The number of methoxy groups -OCH3 is 2. The molecule has 1 fully saturated rings. The molecule has 1 aliphatic rings. The number of benzene rings is 1. The molecule has 0 aliphatic heterocycles. The second-order valence-corrected chi connectivity index (χ2v) is 5.59. The SMILES string of the molecule is COc1cc(NCC2(O)CCCCCC2)cc(OC)c1. The standard InChI is InChI=1S/C16H25NO3/c1-19-14-9-13(10-15(11-14)20-2)17-12-16(18)7-5-3-4-6-8-16/h9-11,17-18H,3-8,12H2,1-2H3. The van der Waals surface area contributed by atoms with Crippen LogP contribution in [0.25, 0.3) is 0 Å². The Labute approximate surface area is 121 Å². The van der Waals surface area contributed by atoms with E-state index >= 15 is 0 Å². The van der Waals surface area contributed by atoms with Crippen molar-refractivity contribution in [2.75, 3.05) is 26.1 Å². The van der Waals surface area contributed by atoms with E-state index < -0.39 is 5.60 Å². The van der Waals surface area contributed by atoms with Crippen molar-refractivity contribution in [3.05, 3.63) is 18.2 Å². The summed E-state index contributed by atoms with van der Waals surface area (Å²) in [5, 5.41) is 14.0. The van der Waals surface area contributed by atoms with E-state index in [0.717, 1.165) is 42.9 Å². The molecule has 0 atom stereocenters. The van der Waals surface area contributed by atoms with Crippen LogP contribution in [0.3, 0.4) is 0 Å². The van der Waals surface area contributed by atoms with Crippen molar-refractivity contribution >= 4 is 5.69 Å². The van der Waals surface area contributed by atoms with Gasteiger partial charge in [-0.3, -0.25) is 0 Å². The van der Waals surface area contributed by atoms with Crippen LogP contribution in [-0.2, 0) is 0 Å². The van der Waals surface area contributed by atoms with Gasteiger partial charge in [0.05, 0.1) is 19.8 Å². The smallest absolute Gasteiger partial charge is 0.124 e. The highest BCUT2D eigenvalue weighted by atomic mass is 16.5. The highest BCUT2D eigenvalue weighted by molar-refractivity contribution is 5.53. The fourth-order valence-corrected chi connectivity index (χ4v) is 2.74. The average Bonchev–Trinajstić information content (AvgIpc) is 2.70. The van der Waals surface area contributed by atoms with Gasteiger partial charge in [-0.15, -0.1) is 0 Å². The van der Waals surface area contributed by atoms with Gasteiger partial charge in [-0.05, 0) is 12.8 Å². The molecule has 2 N–H and O–H groups in total. The third-order valence-electron chi connectivity index (χ3n) is 4.01. The molecule has 4 heteroatoms. The van der Waals surface area contributed by atoms with Crippen molar-refractivity contribution in [3.8, 4) is 11.5 Å². The van der Waals surface area contributed by atoms with Crippen molar-refractivity contribution in [1.82, 2.24) is 0 Å². The Balaban J connectivity index is 2.02. The Hall–Kier alpha value is -1.42. The molecule has 1 saturated carbocycles. The van der Waals surface area contributed by atoms with Crippen LogP contribution in [0, 0.1) is 0 Å². The van der Waals surface area contributed by atoms with E-state index in [0.29, 0.717) is 6.54 Å². The van der Waals surface area contributed by atoms with Crippen molar-refractivity contribution < 1.29 is 14.6 Å². The normalized spacial score (nSPS) is 18.1. The Morgan fingerprint density at radius 3 is 2.05 bits per heavy atom. The number of anilines is 1. The summed E-state index contributed by atoms with van der Waals surface area (Å²) in [7, 11) is 3.27. The maximum absolute atomic E-state index is 10.6. The van der Waals surface area contributed by atoms with Crippen LogP contribution in [0.2, 0.25) is 0 Å². The number of hydrogen-bond acceptors (Lipinski definition) is 4. The minimum Gasteiger partial charge on any atom is -0.497 e. The summed E-state index contributed by atoms with van der Waals surface area (Å²) in [6.07, 6.45) is 6.44. The molecule has 0 aromatic heterocycles. The molecule has 1 aliphatic carbocycles. The zero-order chi connectivity index (χ0) is 14.4. The quantitative estimate of drug-likeness (QED) is 0.813. The summed E-state index contributed by atoms with van der Waals surface area (Å²) in [5.41, 5.74) is 0.325. The van der Waals surface area contributed by atoms with Gasteiger partial charge in [-0.25, -0.2) is 0 Å². The minimum atomic E-state index is -0.590. The van der Waals surface area contributed by atoms with Crippen molar-refractivity contribution in [1.29, 1.82) is 0 Å². The molecular weight excluding hydrogens is 254 g/mol. The summed E-state index contributed by atoms with van der Waals surface area (Å²) < 4.78 is 10.5. The largest absolute Gasteiger partial charge is 0.497 e. The Bertz CT molecular complexity index is 403. The van der Waals surface area contributed by atoms with E-state index in [2.05, 4.69) is 5.32 Å². The monoisotopic (exact) mass is 279 g/mol. The van der Waals surface area contributed by atoms with E-state index in [1.165, 1.54) is 12.8 Å². The molecule has 0 unspecified atom stereocenters. The molecule has 0 radical (unpaired) electrons. The van der Waals surface area contributed by atoms with Crippen LogP contribution < -0.4 is 14.8 Å². The maximum Gasteiger partial charge on any atom is 0.124 e. The lowest BCUT2D eigenvalue weighted by Crippen LogP contribution is -2.36. The van der Waals surface area contributed by atoms with Gasteiger partial charge in [0, 0.05) is 30.4 Å². The van der Waals surface area contributed by atoms with Crippen LogP contribution in [0.1, 0.15) is 38.5 Å². The van der Waals surface area contributed by atoms with E-state index in [9.17, 15) is 5.11 Å². The van der Waals surface area contributed by atoms with Crippen LogP contribution in [0.5, 0.6) is 11.5 Å². The van der Waals surface area contributed by atoms with E-state index in [1.54, 1.807) is 14.2 Å². The predicted molar refractivity (Wildman–Crippen MR) is 80.7 cm³/mol. The van der Waals surface area contributed by atoms with E-state index in [4.69, 9.17) is 9.47 Å². The number of rotatable bonds is 5. The molecule has 0 bridgehead atoms. The van der Waals surface area contributed by atoms with Gasteiger partial charge in [-0.2, -0.15) is 0 Å². The van der Waals surface area contributed by atoms with Crippen LogP contribution >= 0.6 is 0 Å². The predicted octanol–water partition coefficient (Wildman–Crippen LogP) is 3.20. The highest BCUT2D eigenvalue weighted by Gasteiger charge is 2.27. The summed E-state index contributed by atoms with van der Waals surface area (Å²) in [4.78, 5) is 0. The van der Waals surface area contributed by atoms with Gasteiger partial charge in [0.1, 0.15) is 11.5 Å². The molecule has 0 amide bonds. The minimum absolute atomic E-state index is 0.573. The van der Waals surface area contributed by atoms with Crippen molar-refractivity contribution in [3.63, 3.8) is 0 Å². The zero-order valence-electron chi connectivity index (χ0n) is 12.4. The van der Waals surface area contributed by atoms with Gasteiger partial charge in [-0.1, -0.05) is 25.7 Å². The second kappa shape index (κ2) is 6.84. The zero-order valence-corrected chi connectivity index (χ0v) is 12.4. The molecule has 20 heavy (non-hydrogen) atoms. The fourth-order valence-electron chi connectivity index (χ4n) is 2.74. The number of ether oxygens (including phenoxy) is 2. The Morgan fingerprint density at radius 2 is 1.55 bits per heavy atom. The summed E-state index contributed by atoms with van der Waals surface area (Å²) in [6.45, 7) is 0.573. The lowest BCUT2D eigenvalue weighted by atomic mass is 9.94. The van der Waals surface area contributed by atoms with Gasteiger partial charge in [0.2, 0.25) is 0 Å². The third-order valence-corrected chi connectivity index (χ3v) is 4.01. The molecular formula is C16H25NO3. The summed E-state index contributed by atoms with van der Waals surface area (Å²) >= 11 is 0. The first kappa shape index (κ1) is 15.0. The summed E-state index contributed by atoms with van der Waals surface area (Å²) in [5.74, 6) is 1.50. The van der Waals surface area contributed by atoms with E-state index in [-0.39, 0.29) is 0 Å². The first-order valence-corrected chi connectivity index (χ1v) is 7.34. The Kier molecular flexibility index (Phi) is 5.12. The van der Waals surface area contributed by atoms with Crippen molar-refractivity contribution in [2.45, 2.75) is 44.1 Å². The average molecular weight is 279 g/mol. The first-order chi connectivity index (χ1) is 9.65. The molecule has 112 valence electrons. The van der Waals surface area contributed by atoms with Crippen molar-refractivity contribution in [2.24, 2.45) is 0 Å². The topological polar surface area (TPSA) is 50.7 Å². The van der Waals surface area contributed by atoms with E-state index in [1.807, 2.05) is 18.2 Å². The fraction of sp³-hybridized carbons (Fsp3) is 0.625. The molecule has 0 saturated heterocycles. The first-order valence-electron chi connectivity index (χ1n) is 7.34. The lowest BCUT2D eigenvalue weighted by molar-refractivity contribution is 0.0381. The molecule has 2 rings (SSSR count). The lowest BCUT2D eigenvalue weighted by Gasteiger charge is -2.27. The highest BCUT2D eigenvalue weighted by Crippen LogP contribution is 2.29. The number of hydrogen-bond donors (Lipinski definition) is 2. The van der Waals surface area contributed by atoms with Gasteiger partial charge in [0.25, 0.3) is 0 Å². The third kappa shape index (κ3) is 4.04. The number of aliphatic hydroxyl groups is 1.